The number of amides is 3. The monoisotopic (exact) mass is 921 g/mol. The van der Waals surface area contributed by atoms with E-state index in [0.717, 1.165) is 22.6 Å². The molecule has 2 aliphatic heterocycles. The van der Waals surface area contributed by atoms with Crippen LogP contribution in [0.25, 0.3) is 11.3 Å². The van der Waals surface area contributed by atoms with Crippen molar-refractivity contribution in [3.05, 3.63) is 130 Å². The average Bonchev–Trinajstić information content (AvgIpc) is 3.65. The first-order valence-electron chi connectivity index (χ1n) is 22.0. The summed E-state index contributed by atoms with van der Waals surface area (Å²) in [6, 6.07) is 24.5. The Morgan fingerprint density at radius 3 is 2.31 bits per heavy atom. The van der Waals surface area contributed by atoms with Gasteiger partial charge in [-0.3, -0.25) is 24.2 Å². The number of piperidine rings is 1. The lowest BCUT2D eigenvalue weighted by molar-refractivity contribution is -0.153. The normalized spacial score (nSPS) is 21.2. The standard InChI is InChI=1S/C50H57Cl2N7O6/c1-33-44(61)24-38(31-60)48(63)57(5)50(27-34-10-15-39(51)16-11-34)20-8-22-58(32-50)49(64)37(23-41-9-6-7-21-53-41)25-47(62)59(33)29-36-12-17-40(52)26-45(36)65-42-18-13-35(14-19-42)43-28-54-46(56(43)4)30-55(2)3/h6-7,9-19,21,26,28,33,37-38,60H,8,20,22-25,27,29-32H2,1-5H3/t33-,37+,38-,50+/m0/s1. The van der Waals surface area contributed by atoms with E-state index < -0.39 is 47.6 Å². The van der Waals surface area contributed by atoms with E-state index >= 15 is 0 Å². The number of carbonyl (C=O) groups is 4. The van der Waals surface area contributed by atoms with Crippen LogP contribution in [0.15, 0.2) is 97.3 Å². The molecule has 0 radical (unpaired) electrons. The highest BCUT2D eigenvalue weighted by Crippen LogP contribution is 2.36. The summed E-state index contributed by atoms with van der Waals surface area (Å²) in [6.45, 7) is 2.31. The lowest BCUT2D eigenvalue weighted by Crippen LogP contribution is -2.63. The van der Waals surface area contributed by atoms with Gasteiger partial charge < -0.3 is 34.0 Å². The summed E-state index contributed by atoms with van der Waals surface area (Å²) in [5.41, 5.74) is 3.17. The fraction of sp³-hybridized carbons (Fsp3) is 0.400. The maximum Gasteiger partial charge on any atom is 0.228 e. The highest BCUT2D eigenvalue weighted by molar-refractivity contribution is 6.31. The van der Waals surface area contributed by atoms with Crippen LogP contribution in [0.2, 0.25) is 10.0 Å². The first-order chi connectivity index (χ1) is 31.1. The molecule has 1 N–H and O–H groups in total. The summed E-state index contributed by atoms with van der Waals surface area (Å²) in [7, 11) is 7.68. The van der Waals surface area contributed by atoms with Crippen molar-refractivity contribution < 1.29 is 29.0 Å². The Kier molecular flexibility index (Phi) is 15.1. The number of fused-ring (bicyclic) bond motifs is 2. The molecule has 65 heavy (non-hydrogen) atoms. The number of Topliss-reactive ketones (excluding diaryl/α,β-unsaturated/α-hetero) is 1. The van der Waals surface area contributed by atoms with Gasteiger partial charge in [-0.05, 0) is 107 Å². The molecule has 3 aromatic carbocycles. The number of aromatic nitrogens is 3. The maximum atomic E-state index is 15.0. The first kappa shape index (κ1) is 47.4. The molecule has 0 aliphatic carbocycles. The molecule has 2 fully saturated rings. The van der Waals surface area contributed by atoms with E-state index in [-0.39, 0.29) is 38.3 Å². The summed E-state index contributed by atoms with van der Waals surface area (Å²) in [5.74, 6) is -1.57. The Balaban J connectivity index is 1.22. The number of aliphatic hydroxyl groups excluding tert-OH is 1. The van der Waals surface area contributed by atoms with Gasteiger partial charge in [0.1, 0.15) is 17.3 Å². The molecule has 2 saturated heterocycles. The molecule has 0 unspecified atom stereocenters. The molecular formula is C50H57Cl2N7O6. The van der Waals surface area contributed by atoms with Gasteiger partial charge in [0, 0.05) is 79.5 Å². The van der Waals surface area contributed by atoms with E-state index in [4.69, 9.17) is 27.9 Å². The van der Waals surface area contributed by atoms with E-state index in [0.29, 0.717) is 65.2 Å². The van der Waals surface area contributed by atoms with Crippen molar-refractivity contribution >= 4 is 46.7 Å². The van der Waals surface area contributed by atoms with E-state index in [1.54, 1.807) is 66.4 Å². The minimum absolute atomic E-state index is 0.0734. The quantitative estimate of drug-likeness (QED) is 0.137. The van der Waals surface area contributed by atoms with E-state index in [2.05, 4.69) is 19.4 Å². The molecule has 13 nitrogen and oxygen atoms in total. The highest BCUT2D eigenvalue weighted by Gasteiger charge is 2.46. The number of rotatable bonds is 12. The van der Waals surface area contributed by atoms with Crippen LogP contribution in [0.5, 0.6) is 11.5 Å². The third-order valence-corrected chi connectivity index (χ3v) is 13.4. The van der Waals surface area contributed by atoms with Crippen molar-refractivity contribution in [2.24, 2.45) is 18.9 Å². The molecule has 0 spiro atoms. The molecule has 0 saturated carbocycles. The fourth-order valence-corrected chi connectivity index (χ4v) is 9.38. The summed E-state index contributed by atoms with van der Waals surface area (Å²) in [4.78, 5) is 74.9. The van der Waals surface area contributed by atoms with Gasteiger partial charge in [0.15, 0.2) is 5.78 Å². The molecule has 2 aromatic heterocycles. The Labute approximate surface area is 390 Å². The summed E-state index contributed by atoms with van der Waals surface area (Å²) in [6.07, 6.45) is 4.77. The van der Waals surface area contributed by atoms with E-state index in [1.807, 2.05) is 75.9 Å². The number of halogens is 2. The van der Waals surface area contributed by atoms with Crippen LogP contribution in [0, 0.1) is 11.8 Å². The molecule has 5 aromatic rings. The zero-order chi connectivity index (χ0) is 46.4. The number of hydrogen-bond acceptors (Lipinski definition) is 9. The number of likely N-dealkylation sites (N-methyl/N-ethyl adjacent to an activating group) is 1. The van der Waals surface area contributed by atoms with Crippen molar-refractivity contribution in [2.75, 3.05) is 40.8 Å². The third kappa shape index (κ3) is 11.1. The van der Waals surface area contributed by atoms with Gasteiger partial charge in [-0.25, -0.2) is 4.98 Å². The van der Waals surface area contributed by atoms with Crippen LogP contribution >= 0.6 is 23.2 Å². The minimum Gasteiger partial charge on any atom is -0.457 e. The SMILES string of the molecule is C[C@H]1C(=O)C[C@@H](CO)C(=O)N(C)[C@@]2(Cc3ccc(Cl)cc3)CCCN(C2)C(=O)[C@H](Cc2ccccn2)CC(=O)N1Cc1ccc(Cl)cc1Oc1ccc(-c2cnc(CN(C)C)n2C)cc1. The summed E-state index contributed by atoms with van der Waals surface area (Å²) >= 11 is 12.8. The zero-order valence-corrected chi connectivity index (χ0v) is 39.1. The number of imidazole rings is 1. The number of ether oxygens (including phenoxy) is 1. The van der Waals surface area contributed by atoms with Crippen LogP contribution in [0.1, 0.15) is 55.3 Å². The highest BCUT2D eigenvalue weighted by atomic mass is 35.5. The molecule has 4 atom stereocenters. The number of pyridine rings is 1. The van der Waals surface area contributed by atoms with E-state index in [1.165, 1.54) is 4.90 Å². The van der Waals surface area contributed by atoms with Gasteiger partial charge in [0.25, 0.3) is 0 Å². The van der Waals surface area contributed by atoms with Crippen LogP contribution in [0.4, 0.5) is 0 Å². The van der Waals surface area contributed by atoms with Crippen molar-refractivity contribution in [2.45, 2.75) is 70.1 Å². The lowest BCUT2D eigenvalue weighted by atomic mass is 9.80. The average molecular weight is 923 g/mol. The lowest BCUT2D eigenvalue weighted by Gasteiger charge is -2.50. The molecule has 2 bridgehead atoms. The summed E-state index contributed by atoms with van der Waals surface area (Å²) in [5, 5.41) is 11.7. The molecule has 7 rings (SSSR count). The largest absolute Gasteiger partial charge is 0.457 e. The van der Waals surface area contributed by atoms with E-state index in [9.17, 15) is 24.3 Å². The molecule has 15 heteroatoms. The zero-order valence-electron chi connectivity index (χ0n) is 37.6. The third-order valence-electron chi connectivity index (χ3n) is 12.9. The number of benzene rings is 3. The van der Waals surface area contributed by atoms with Gasteiger partial charge >= 0.3 is 0 Å². The number of ketones is 1. The molecule has 3 amide bonds. The number of carbonyl (C=O) groups excluding carboxylic acids is 4. The maximum absolute atomic E-state index is 15.0. The van der Waals surface area contributed by atoms with Crippen LogP contribution in [-0.2, 0) is 52.2 Å². The predicted octanol–water partition coefficient (Wildman–Crippen LogP) is 7.25. The van der Waals surface area contributed by atoms with Gasteiger partial charge in [-0.1, -0.05) is 47.5 Å². The van der Waals surface area contributed by atoms with Gasteiger partial charge in [-0.15, -0.1) is 0 Å². The van der Waals surface area contributed by atoms with Crippen molar-refractivity contribution in [1.82, 2.24) is 34.1 Å². The van der Waals surface area contributed by atoms with Crippen molar-refractivity contribution in [3.8, 4) is 22.8 Å². The van der Waals surface area contributed by atoms with Crippen LogP contribution in [-0.4, -0.2) is 115 Å². The molecule has 342 valence electrons. The van der Waals surface area contributed by atoms with Gasteiger partial charge in [-0.2, -0.15) is 0 Å². The van der Waals surface area contributed by atoms with Gasteiger partial charge in [0.05, 0.1) is 55.0 Å². The van der Waals surface area contributed by atoms with Crippen molar-refractivity contribution in [1.29, 1.82) is 0 Å². The minimum atomic E-state index is -1.08. The number of nitrogens with zero attached hydrogens (tertiary/aromatic N) is 7. The Morgan fingerprint density at radius 1 is 0.877 bits per heavy atom. The molecule has 4 heterocycles. The molecular weight excluding hydrogens is 865 g/mol. The fourth-order valence-electron chi connectivity index (χ4n) is 9.09. The van der Waals surface area contributed by atoms with Gasteiger partial charge in [0.2, 0.25) is 17.7 Å². The summed E-state index contributed by atoms with van der Waals surface area (Å²) < 4.78 is 8.52. The second-order valence-corrected chi connectivity index (χ2v) is 18.6. The smallest absolute Gasteiger partial charge is 0.228 e. The second-order valence-electron chi connectivity index (χ2n) is 17.7. The Bertz CT molecular complexity index is 2480. The Morgan fingerprint density at radius 2 is 1.62 bits per heavy atom. The number of aliphatic hydroxyl groups is 1. The Hall–Kier alpha value is -5.60. The van der Waals surface area contributed by atoms with Crippen LogP contribution in [0.3, 0.4) is 0 Å². The number of hydrogen-bond donors (Lipinski definition) is 1. The first-order valence-corrected chi connectivity index (χ1v) is 22.8. The topological polar surface area (TPSA) is 141 Å². The second kappa shape index (κ2) is 20.7. The predicted molar refractivity (Wildman–Crippen MR) is 250 cm³/mol. The van der Waals surface area contributed by atoms with Crippen LogP contribution < -0.4 is 4.74 Å². The molecule has 2 aliphatic rings. The van der Waals surface area contributed by atoms with Crippen molar-refractivity contribution in [3.63, 3.8) is 0 Å².